The molecular weight excluding hydrogens is 280 g/mol. The zero-order chi connectivity index (χ0) is 14.5. The molecule has 0 spiro atoms. The molecule has 0 bridgehead atoms. The second-order valence-electron chi connectivity index (χ2n) is 6.35. The third-order valence-corrected chi connectivity index (χ3v) is 5.70. The third kappa shape index (κ3) is 3.96. The Kier molecular flexibility index (Phi) is 5.49. The van der Waals surface area contributed by atoms with Crippen LogP contribution >= 0.6 is 11.3 Å². The Morgan fingerprint density at radius 2 is 2.14 bits per heavy atom. The first-order valence-electron chi connectivity index (χ1n) is 8.47. The van der Waals surface area contributed by atoms with Crippen molar-refractivity contribution in [2.24, 2.45) is 5.92 Å². The Hall–Kier alpha value is -0.650. The number of nitrogens with one attached hydrogen (secondary N) is 1. The predicted molar refractivity (Wildman–Crippen MR) is 90.2 cm³/mol. The highest BCUT2D eigenvalue weighted by atomic mass is 32.1. The van der Waals surface area contributed by atoms with Crippen molar-refractivity contribution in [3.8, 4) is 0 Å². The van der Waals surface area contributed by atoms with Gasteiger partial charge in [0.2, 0.25) is 0 Å². The highest BCUT2D eigenvalue weighted by Gasteiger charge is 2.29. The molecule has 1 saturated heterocycles. The van der Waals surface area contributed by atoms with Crippen LogP contribution in [0.15, 0.2) is 11.6 Å². The lowest BCUT2D eigenvalue weighted by Crippen LogP contribution is -2.49. The molecule has 2 unspecified atom stereocenters. The van der Waals surface area contributed by atoms with Crippen molar-refractivity contribution in [1.29, 1.82) is 0 Å². The molecule has 1 aliphatic carbocycles. The van der Waals surface area contributed by atoms with Crippen molar-refractivity contribution < 1.29 is 0 Å². The zero-order valence-electron chi connectivity index (χ0n) is 13.1. The standard InChI is InChI=1S/C16H28N4S/c1-2-6-17-15-5-3-4-14(15)13-19-8-10-20(11-9-19)16-18-7-12-21-16/h7,12,14-15,17H,2-6,8-11,13H2,1H3. The average molecular weight is 308 g/mol. The highest BCUT2D eigenvalue weighted by Crippen LogP contribution is 2.27. The largest absolute Gasteiger partial charge is 0.346 e. The second-order valence-corrected chi connectivity index (χ2v) is 7.23. The fraction of sp³-hybridized carbons (Fsp3) is 0.812. The van der Waals surface area contributed by atoms with Crippen molar-refractivity contribution in [1.82, 2.24) is 15.2 Å². The minimum absolute atomic E-state index is 0.766. The van der Waals surface area contributed by atoms with Crippen LogP contribution in [0.3, 0.4) is 0 Å². The van der Waals surface area contributed by atoms with Gasteiger partial charge in [-0.1, -0.05) is 13.3 Å². The van der Waals surface area contributed by atoms with Crippen molar-refractivity contribution in [3.63, 3.8) is 0 Å². The van der Waals surface area contributed by atoms with Crippen LogP contribution in [0.2, 0.25) is 0 Å². The van der Waals surface area contributed by atoms with Gasteiger partial charge >= 0.3 is 0 Å². The molecule has 1 aliphatic heterocycles. The number of aromatic nitrogens is 1. The van der Waals surface area contributed by atoms with E-state index in [9.17, 15) is 0 Å². The maximum absolute atomic E-state index is 4.43. The van der Waals surface area contributed by atoms with Crippen LogP contribution in [0.25, 0.3) is 0 Å². The molecule has 21 heavy (non-hydrogen) atoms. The smallest absolute Gasteiger partial charge is 0.185 e. The van der Waals surface area contributed by atoms with Gasteiger partial charge in [0.1, 0.15) is 0 Å². The molecule has 3 rings (SSSR count). The summed E-state index contributed by atoms with van der Waals surface area (Å²) < 4.78 is 0. The van der Waals surface area contributed by atoms with Crippen molar-refractivity contribution >= 4 is 16.5 Å². The van der Waals surface area contributed by atoms with Gasteiger partial charge in [-0.05, 0) is 31.7 Å². The summed E-state index contributed by atoms with van der Waals surface area (Å²) in [4.78, 5) is 9.53. The minimum Gasteiger partial charge on any atom is -0.346 e. The van der Waals surface area contributed by atoms with Gasteiger partial charge in [0.25, 0.3) is 0 Å². The minimum atomic E-state index is 0.766. The Morgan fingerprint density at radius 1 is 1.29 bits per heavy atom. The van der Waals surface area contributed by atoms with Gasteiger partial charge in [0.15, 0.2) is 5.13 Å². The van der Waals surface area contributed by atoms with Crippen LogP contribution in [0.4, 0.5) is 5.13 Å². The van der Waals surface area contributed by atoms with E-state index in [1.807, 2.05) is 6.20 Å². The Balaban J connectivity index is 1.44. The van der Waals surface area contributed by atoms with E-state index < -0.39 is 0 Å². The Bertz CT molecular complexity index is 400. The van der Waals surface area contributed by atoms with E-state index >= 15 is 0 Å². The third-order valence-electron chi connectivity index (χ3n) is 4.87. The number of piperazine rings is 1. The lowest BCUT2D eigenvalue weighted by molar-refractivity contribution is 0.203. The number of hydrogen-bond acceptors (Lipinski definition) is 5. The molecule has 118 valence electrons. The van der Waals surface area contributed by atoms with E-state index in [1.165, 1.54) is 57.0 Å². The van der Waals surface area contributed by atoms with Crippen LogP contribution in [0.1, 0.15) is 32.6 Å². The van der Waals surface area contributed by atoms with Gasteiger partial charge in [-0.2, -0.15) is 0 Å². The van der Waals surface area contributed by atoms with Crippen molar-refractivity contribution in [2.45, 2.75) is 38.6 Å². The summed E-state index contributed by atoms with van der Waals surface area (Å²) in [6.45, 7) is 9.37. The average Bonchev–Trinajstić information content (AvgIpc) is 3.18. The van der Waals surface area contributed by atoms with Crippen molar-refractivity contribution in [2.75, 3.05) is 44.2 Å². The van der Waals surface area contributed by atoms with Crippen LogP contribution in [-0.2, 0) is 0 Å². The van der Waals surface area contributed by atoms with Crippen LogP contribution < -0.4 is 10.2 Å². The number of anilines is 1. The highest BCUT2D eigenvalue weighted by molar-refractivity contribution is 7.13. The lowest BCUT2D eigenvalue weighted by atomic mass is 10.0. The number of thiazole rings is 1. The summed E-state index contributed by atoms with van der Waals surface area (Å²) in [7, 11) is 0. The molecule has 1 N–H and O–H groups in total. The summed E-state index contributed by atoms with van der Waals surface area (Å²) in [6.07, 6.45) is 7.35. The molecule has 1 aromatic heterocycles. The van der Waals surface area contributed by atoms with Gasteiger partial charge in [0.05, 0.1) is 0 Å². The van der Waals surface area contributed by atoms with E-state index in [0.717, 1.165) is 25.0 Å². The fourth-order valence-corrected chi connectivity index (χ4v) is 4.38. The predicted octanol–water partition coefficient (Wildman–Crippen LogP) is 2.43. The molecule has 1 saturated carbocycles. The molecular formula is C16H28N4S. The quantitative estimate of drug-likeness (QED) is 0.874. The number of hydrogen-bond donors (Lipinski definition) is 1. The van der Waals surface area contributed by atoms with E-state index in [4.69, 9.17) is 0 Å². The van der Waals surface area contributed by atoms with Crippen molar-refractivity contribution in [3.05, 3.63) is 11.6 Å². The maximum Gasteiger partial charge on any atom is 0.185 e. The van der Waals surface area contributed by atoms with Gasteiger partial charge < -0.3 is 10.2 Å². The molecule has 5 heteroatoms. The first kappa shape index (κ1) is 15.3. The fourth-order valence-electron chi connectivity index (χ4n) is 3.68. The molecule has 4 nitrogen and oxygen atoms in total. The van der Waals surface area contributed by atoms with Crippen LogP contribution in [0, 0.1) is 5.92 Å². The first-order chi connectivity index (χ1) is 10.4. The molecule has 0 radical (unpaired) electrons. The summed E-state index contributed by atoms with van der Waals surface area (Å²) in [6, 6.07) is 0.766. The Labute approximate surface area is 132 Å². The molecule has 2 atom stereocenters. The molecule has 2 heterocycles. The molecule has 0 amide bonds. The first-order valence-corrected chi connectivity index (χ1v) is 9.35. The van der Waals surface area contributed by atoms with Gasteiger partial charge in [0, 0.05) is 50.3 Å². The van der Waals surface area contributed by atoms with Crippen LogP contribution in [0.5, 0.6) is 0 Å². The van der Waals surface area contributed by atoms with Gasteiger partial charge in [-0.25, -0.2) is 4.98 Å². The van der Waals surface area contributed by atoms with E-state index in [0.29, 0.717) is 0 Å². The normalized spacial score (nSPS) is 27.4. The lowest BCUT2D eigenvalue weighted by Gasteiger charge is -2.36. The van der Waals surface area contributed by atoms with Crippen LogP contribution in [-0.4, -0.2) is 55.2 Å². The van der Waals surface area contributed by atoms with E-state index in [2.05, 4.69) is 32.4 Å². The van der Waals surface area contributed by atoms with E-state index in [-0.39, 0.29) is 0 Å². The van der Waals surface area contributed by atoms with E-state index in [1.54, 1.807) is 11.3 Å². The molecule has 2 fully saturated rings. The SMILES string of the molecule is CCCNC1CCCC1CN1CCN(c2nccs2)CC1. The topological polar surface area (TPSA) is 31.4 Å². The number of rotatable bonds is 6. The second kappa shape index (κ2) is 7.56. The molecule has 1 aromatic rings. The monoisotopic (exact) mass is 308 g/mol. The van der Waals surface area contributed by atoms with Gasteiger partial charge in [-0.15, -0.1) is 11.3 Å². The summed E-state index contributed by atoms with van der Waals surface area (Å²) in [5, 5.41) is 7.02. The maximum atomic E-state index is 4.43. The molecule has 0 aromatic carbocycles. The zero-order valence-corrected chi connectivity index (χ0v) is 13.9. The Morgan fingerprint density at radius 3 is 2.86 bits per heavy atom. The summed E-state index contributed by atoms with van der Waals surface area (Å²) in [5.74, 6) is 0.864. The van der Waals surface area contributed by atoms with Gasteiger partial charge in [-0.3, -0.25) is 4.90 Å². The summed E-state index contributed by atoms with van der Waals surface area (Å²) >= 11 is 1.76. The molecule has 2 aliphatic rings. The summed E-state index contributed by atoms with van der Waals surface area (Å²) in [5.41, 5.74) is 0. The number of nitrogens with zero attached hydrogens (tertiary/aromatic N) is 3.